The summed E-state index contributed by atoms with van der Waals surface area (Å²) < 4.78 is 64.6. The van der Waals surface area contributed by atoms with Crippen molar-refractivity contribution in [3.8, 4) is 41.2 Å². The minimum Gasteiger partial charge on any atom is -0.508 e. The number of aromatic nitrogens is 3. The molecule has 0 bridgehead atoms. The summed E-state index contributed by atoms with van der Waals surface area (Å²) in [7, 11) is 3.28. The number of β-amino-alcohol motifs (C(OH)–C–C–N with tert-alkyl or cyclic N) is 1. The number of alkyl halides is 1. The van der Waals surface area contributed by atoms with E-state index in [0.29, 0.717) is 18.4 Å². The molecule has 1 aliphatic carbocycles. The number of aromatic hydroxyl groups is 1. The number of likely N-dealkylation sites (tertiary alicyclic amines) is 1. The molecule has 49 heavy (non-hydrogen) atoms. The van der Waals surface area contributed by atoms with Crippen molar-refractivity contribution in [1.29, 1.82) is 0 Å². The molecule has 0 unspecified atom stereocenters. The van der Waals surface area contributed by atoms with Gasteiger partial charge in [-0.15, -0.1) is 6.42 Å². The molecule has 13 heteroatoms. The largest absolute Gasteiger partial charge is 0.508 e. The van der Waals surface area contributed by atoms with Crippen LogP contribution in [0.15, 0.2) is 24.3 Å². The van der Waals surface area contributed by atoms with Crippen LogP contribution in [0.25, 0.3) is 32.9 Å². The molecule has 4 aromatic rings. The minimum atomic E-state index is -1.27. The van der Waals surface area contributed by atoms with Gasteiger partial charge in [0, 0.05) is 35.5 Å². The van der Waals surface area contributed by atoms with Gasteiger partial charge in [-0.25, -0.2) is 18.2 Å². The fraction of sp³-hybridized carbons (Fsp3) is 0.472. The molecule has 0 spiro atoms. The number of hydrogen-bond acceptors (Lipinski definition) is 10. The monoisotopic (exact) mass is 677 g/mol. The van der Waals surface area contributed by atoms with Crippen LogP contribution in [0.2, 0.25) is 0 Å². The Labute approximate surface area is 281 Å². The Morgan fingerprint density at radius 1 is 1.18 bits per heavy atom. The lowest BCUT2D eigenvalue weighted by Gasteiger charge is -2.45. The van der Waals surface area contributed by atoms with E-state index >= 15 is 4.39 Å². The van der Waals surface area contributed by atoms with Crippen molar-refractivity contribution in [1.82, 2.24) is 19.9 Å². The highest BCUT2D eigenvalue weighted by molar-refractivity contribution is 6.04. The number of benzene rings is 2. The van der Waals surface area contributed by atoms with E-state index < -0.39 is 28.8 Å². The molecule has 3 fully saturated rings. The van der Waals surface area contributed by atoms with Crippen molar-refractivity contribution >= 4 is 27.5 Å². The van der Waals surface area contributed by atoms with Crippen molar-refractivity contribution in [2.45, 2.75) is 50.4 Å². The Morgan fingerprint density at radius 2 is 2.00 bits per heavy atom. The molecule has 2 N–H and O–H groups in total. The Bertz CT molecular complexity index is 1990. The summed E-state index contributed by atoms with van der Waals surface area (Å²) in [4.78, 5) is 17.6. The molecule has 3 aliphatic rings. The molecular weight excluding hydrogens is 639 g/mol. The second kappa shape index (κ2) is 12.5. The fourth-order valence-electron chi connectivity index (χ4n) is 8.09. The zero-order valence-electron chi connectivity index (χ0n) is 27.6. The number of nitrogens with zero attached hydrogens (tertiary/aromatic N) is 5. The molecular formula is C36H38F3N5O5. The van der Waals surface area contributed by atoms with Crippen LogP contribution in [0, 0.1) is 29.4 Å². The maximum atomic E-state index is 17.1. The van der Waals surface area contributed by atoms with Gasteiger partial charge in [-0.05, 0) is 56.8 Å². The number of aliphatic hydroxyl groups is 1. The maximum absolute atomic E-state index is 17.1. The van der Waals surface area contributed by atoms with Gasteiger partial charge in [-0.2, -0.15) is 9.97 Å². The third kappa shape index (κ3) is 5.85. The molecule has 10 nitrogen and oxygen atoms in total. The smallest absolute Gasteiger partial charge is 0.319 e. The number of piperidine rings is 1. The summed E-state index contributed by atoms with van der Waals surface area (Å²) >= 11 is 0. The molecule has 0 amide bonds. The number of phenolic OH excluding ortho intramolecular Hbond substituents is 1. The normalized spacial score (nSPS) is 26.0. The topological polar surface area (TPSA) is 113 Å². The van der Waals surface area contributed by atoms with Gasteiger partial charge in [0.2, 0.25) is 5.88 Å². The molecule has 258 valence electrons. The fourth-order valence-corrected chi connectivity index (χ4v) is 8.09. The van der Waals surface area contributed by atoms with Gasteiger partial charge < -0.3 is 29.3 Å². The number of hydrogen-bond donors (Lipinski definition) is 2. The van der Waals surface area contributed by atoms with Gasteiger partial charge in [0.05, 0.1) is 39.0 Å². The Balaban J connectivity index is 1.44. The number of ether oxygens (including phenoxy) is 3. The first-order valence-electron chi connectivity index (χ1n) is 16.3. The van der Waals surface area contributed by atoms with Crippen molar-refractivity contribution in [3.05, 3.63) is 41.5 Å². The number of rotatable bonds is 6. The molecule has 2 aromatic heterocycles. The first kappa shape index (κ1) is 33.1. The Hall–Kier alpha value is -4.38. The molecule has 0 radical (unpaired) electrons. The van der Waals surface area contributed by atoms with E-state index in [0.717, 1.165) is 19.3 Å². The van der Waals surface area contributed by atoms with Gasteiger partial charge >= 0.3 is 6.01 Å². The predicted octanol–water partition coefficient (Wildman–Crippen LogP) is 5.00. The first-order valence-corrected chi connectivity index (χ1v) is 16.3. The van der Waals surface area contributed by atoms with Crippen LogP contribution in [0.4, 0.5) is 19.0 Å². The van der Waals surface area contributed by atoms with E-state index in [2.05, 4.69) is 15.9 Å². The highest BCUT2D eigenvalue weighted by atomic mass is 19.1. The third-order valence-electron chi connectivity index (χ3n) is 10.1. The number of halogens is 3. The van der Waals surface area contributed by atoms with Crippen molar-refractivity contribution in [2.75, 3.05) is 58.5 Å². The SMILES string of the molecule is C#Cc1c(F)ccc2cc(O)cc(-c3nc(OC)c4c(N5CCOC[C@@](C)(O)C5)nc(OC[C@]56CCC[C@H]5N(C)C[C@H](F)C6)nc4c3F)c12. The van der Waals surface area contributed by atoms with E-state index in [4.69, 9.17) is 25.6 Å². The second-order valence-electron chi connectivity index (χ2n) is 13.8. The maximum Gasteiger partial charge on any atom is 0.319 e. The number of pyridine rings is 1. The van der Waals surface area contributed by atoms with E-state index in [-0.39, 0.29) is 95.5 Å². The lowest BCUT2D eigenvalue weighted by molar-refractivity contribution is -0.0244. The zero-order chi connectivity index (χ0) is 34.7. The van der Waals surface area contributed by atoms with Crippen LogP contribution in [-0.4, -0.2) is 101 Å². The van der Waals surface area contributed by atoms with Crippen LogP contribution in [0.3, 0.4) is 0 Å². The van der Waals surface area contributed by atoms with Gasteiger partial charge in [-0.1, -0.05) is 18.4 Å². The summed E-state index contributed by atoms with van der Waals surface area (Å²) in [6.07, 6.45) is 7.63. The van der Waals surface area contributed by atoms with Crippen molar-refractivity contribution in [3.63, 3.8) is 0 Å². The molecule has 4 heterocycles. The number of fused-ring (bicyclic) bond motifs is 3. The van der Waals surface area contributed by atoms with Crippen molar-refractivity contribution in [2.24, 2.45) is 5.41 Å². The standard InChI is InChI=1S/C36H38F3N5O5/c1-5-23-25(38)9-8-20-13-22(45)14-24(27(20)23)30-29(39)31-28(33(40-30)47-4)32(44-11-12-48-18-35(2,46)17-44)42-34(41-31)49-19-36-10-6-7-26(36)43(3)16-21(37)15-36/h1,8-9,13-14,21,26,45-46H,6-7,10-12,15-19H2,2-4H3/t21-,26-,35+,36-/m1/s1. The lowest BCUT2D eigenvalue weighted by atomic mass is 9.75. The summed E-state index contributed by atoms with van der Waals surface area (Å²) in [5.41, 5.74) is -2.35. The van der Waals surface area contributed by atoms with E-state index in [9.17, 15) is 19.0 Å². The minimum absolute atomic E-state index is 0.0285. The predicted molar refractivity (Wildman–Crippen MR) is 178 cm³/mol. The number of phenols is 1. The van der Waals surface area contributed by atoms with Gasteiger partial charge in [0.25, 0.3) is 0 Å². The van der Waals surface area contributed by atoms with Crippen LogP contribution >= 0.6 is 0 Å². The van der Waals surface area contributed by atoms with Crippen LogP contribution in [-0.2, 0) is 4.74 Å². The van der Waals surface area contributed by atoms with E-state index in [1.54, 1.807) is 11.8 Å². The van der Waals surface area contributed by atoms with Gasteiger partial charge in [0.15, 0.2) is 5.82 Å². The average molecular weight is 678 g/mol. The van der Waals surface area contributed by atoms with Crippen LogP contribution < -0.4 is 14.4 Å². The van der Waals surface area contributed by atoms with Crippen LogP contribution in [0.1, 0.15) is 38.2 Å². The second-order valence-corrected chi connectivity index (χ2v) is 13.8. The number of methoxy groups -OCH3 is 1. The first-order chi connectivity index (χ1) is 23.4. The molecule has 1 saturated carbocycles. The Kier molecular flexibility index (Phi) is 8.45. The molecule has 2 aromatic carbocycles. The highest BCUT2D eigenvalue weighted by Crippen LogP contribution is 2.48. The molecule has 7 rings (SSSR count). The number of anilines is 1. The lowest BCUT2D eigenvalue weighted by Crippen LogP contribution is -2.54. The van der Waals surface area contributed by atoms with Crippen LogP contribution in [0.5, 0.6) is 17.6 Å². The molecule has 2 aliphatic heterocycles. The van der Waals surface area contributed by atoms with Gasteiger partial charge in [-0.3, -0.25) is 4.90 Å². The number of terminal acetylenes is 1. The van der Waals surface area contributed by atoms with E-state index in [1.807, 2.05) is 11.9 Å². The quantitative estimate of drug-likeness (QED) is 0.271. The third-order valence-corrected chi connectivity index (χ3v) is 10.1. The van der Waals surface area contributed by atoms with Gasteiger partial charge in [0.1, 0.15) is 45.8 Å². The summed E-state index contributed by atoms with van der Waals surface area (Å²) in [6.45, 7) is 2.79. The van der Waals surface area contributed by atoms with Crippen molar-refractivity contribution < 1.29 is 37.6 Å². The Morgan fingerprint density at radius 3 is 2.78 bits per heavy atom. The zero-order valence-corrected chi connectivity index (χ0v) is 27.6. The summed E-state index contributed by atoms with van der Waals surface area (Å²) in [5.74, 6) is 0.651. The molecule has 4 atom stereocenters. The molecule has 2 saturated heterocycles. The highest BCUT2D eigenvalue weighted by Gasteiger charge is 2.50. The van der Waals surface area contributed by atoms with E-state index in [1.165, 1.54) is 31.4 Å². The summed E-state index contributed by atoms with van der Waals surface area (Å²) in [5, 5.41) is 22.3. The summed E-state index contributed by atoms with van der Waals surface area (Å²) in [6, 6.07) is 5.24. The average Bonchev–Trinajstić information content (AvgIpc) is 3.40.